The first-order valence-corrected chi connectivity index (χ1v) is 9.37. The van der Waals surface area contributed by atoms with E-state index < -0.39 is 0 Å². The predicted octanol–water partition coefficient (Wildman–Crippen LogP) is 2.26. The standard InChI is InChI=1S/C20H20N6O/c27-20(18-13-21-16-3-1-2-4-17(16)22-18)26-11-9-25(10-12-26)19-8-7-15(23-24-19)14-5-6-14/h1-4,7-8,13-14H,5-6,9-12H2. The van der Waals surface area contributed by atoms with E-state index in [1.807, 2.05) is 35.2 Å². The molecule has 2 fully saturated rings. The van der Waals surface area contributed by atoms with Gasteiger partial charge in [-0.3, -0.25) is 9.78 Å². The second kappa shape index (κ2) is 6.57. The molecule has 0 unspecified atom stereocenters. The molecule has 1 amide bonds. The van der Waals surface area contributed by atoms with Crippen LogP contribution in [0.2, 0.25) is 0 Å². The quantitative estimate of drug-likeness (QED) is 0.713. The molecule has 3 heterocycles. The van der Waals surface area contributed by atoms with Gasteiger partial charge in [0, 0.05) is 32.1 Å². The number of hydrogen-bond acceptors (Lipinski definition) is 6. The molecule has 0 bridgehead atoms. The Bertz CT molecular complexity index is 977. The summed E-state index contributed by atoms with van der Waals surface area (Å²) in [4.78, 5) is 25.6. The zero-order valence-corrected chi connectivity index (χ0v) is 15.0. The van der Waals surface area contributed by atoms with Gasteiger partial charge in [-0.25, -0.2) is 4.98 Å². The molecule has 27 heavy (non-hydrogen) atoms. The highest BCUT2D eigenvalue weighted by Crippen LogP contribution is 2.38. The molecule has 1 aromatic carbocycles. The van der Waals surface area contributed by atoms with E-state index in [9.17, 15) is 4.79 Å². The summed E-state index contributed by atoms with van der Waals surface area (Å²) in [6, 6.07) is 11.7. The number of para-hydroxylation sites is 2. The Labute approximate surface area is 157 Å². The van der Waals surface area contributed by atoms with E-state index in [0.29, 0.717) is 24.7 Å². The van der Waals surface area contributed by atoms with E-state index >= 15 is 0 Å². The molecule has 1 aliphatic carbocycles. The number of aromatic nitrogens is 4. The smallest absolute Gasteiger partial charge is 0.274 e. The van der Waals surface area contributed by atoms with Crippen molar-refractivity contribution in [2.45, 2.75) is 18.8 Å². The molecule has 1 saturated heterocycles. The lowest BCUT2D eigenvalue weighted by Crippen LogP contribution is -2.49. The van der Waals surface area contributed by atoms with Gasteiger partial charge in [-0.1, -0.05) is 12.1 Å². The van der Waals surface area contributed by atoms with Crippen LogP contribution in [0.3, 0.4) is 0 Å². The van der Waals surface area contributed by atoms with Crippen LogP contribution < -0.4 is 4.90 Å². The summed E-state index contributed by atoms with van der Waals surface area (Å²) in [5.74, 6) is 1.43. The van der Waals surface area contributed by atoms with Crippen molar-refractivity contribution in [2.75, 3.05) is 31.1 Å². The fraction of sp³-hybridized carbons (Fsp3) is 0.350. The maximum absolute atomic E-state index is 12.8. The van der Waals surface area contributed by atoms with Crippen molar-refractivity contribution in [1.29, 1.82) is 0 Å². The van der Waals surface area contributed by atoms with Gasteiger partial charge >= 0.3 is 0 Å². The lowest BCUT2D eigenvalue weighted by Gasteiger charge is -2.35. The number of benzene rings is 1. The van der Waals surface area contributed by atoms with Gasteiger partial charge in [0.2, 0.25) is 0 Å². The van der Waals surface area contributed by atoms with Crippen molar-refractivity contribution in [3.05, 3.63) is 54.0 Å². The van der Waals surface area contributed by atoms with Crippen LogP contribution in [-0.4, -0.2) is 57.2 Å². The first-order valence-electron chi connectivity index (χ1n) is 9.37. The molecule has 2 aliphatic rings. The number of nitrogens with zero attached hydrogens (tertiary/aromatic N) is 6. The molecule has 7 nitrogen and oxygen atoms in total. The largest absolute Gasteiger partial charge is 0.352 e. The summed E-state index contributed by atoms with van der Waals surface area (Å²) < 4.78 is 0. The van der Waals surface area contributed by atoms with Crippen molar-refractivity contribution in [3.8, 4) is 0 Å². The van der Waals surface area contributed by atoms with Crippen LogP contribution in [0, 0.1) is 0 Å². The molecule has 2 aromatic heterocycles. The summed E-state index contributed by atoms with van der Waals surface area (Å²) in [6.07, 6.45) is 4.03. The Kier molecular flexibility index (Phi) is 3.92. The number of fused-ring (bicyclic) bond motifs is 1. The minimum atomic E-state index is -0.0666. The van der Waals surface area contributed by atoms with Crippen LogP contribution >= 0.6 is 0 Å². The molecule has 0 spiro atoms. The van der Waals surface area contributed by atoms with E-state index in [1.54, 1.807) is 6.20 Å². The summed E-state index contributed by atoms with van der Waals surface area (Å²) in [7, 11) is 0. The molecule has 1 aliphatic heterocycles. The van der Waals surface area contributed by atoms with E-state index in [4.69, 9.17) is 0 Å². The molecule has 3 aromatic rings. The molecule has 0 atom stereocenters. The van der Waals surface area contributed by atoms with Crippen LogP contribution in [0.1, 0.15) is 34.9 Å². The van der Waals surface area contributed by atoms with Gasteiger partial charge < -0.3 is 9.80 Å². The average Bonchev–Trinajstić information content (AvgIpc) is 3.59. The number of amides is 1. The van der Waals surface area contributed by atoms with Gasteiger partial charge in [-0.15, -0.1) is 5.10 Å². The highest BCUT2D eigenvalue weighted by Gasteiger charge is 2.27. The van der Waals surface area contributed by atoms with E-state index in [2.05, 4.69) is 31.1 Å². The zero-order valence-electron chi connectivity index (χ0n) is 15.0. The second-order valence-electron chi connectivity index (χ2n) is 7.11. The van der Waals surface area contributed by atoms with Gasteiger partial charge in [-0.2, -0.15) is 5.10 Å². The van der Waals surface area contributed by atoms with Crippen LogP contribution in [-0.2, 0) is 0 Å². The Morgan fingerprint density at radius 1 is 0.926 bits per heavy atom. The Morgan fingerprint density at radius 2 is 1.70 bits per heavy atom. The van der Waals surface area contributed by atoms with Crippen molar-refractivity contribution in [2.24, 2.45) is 0 Å². The monoisotopic (exact) mass is 360 g/mol. The second-order valence-corrected chi connectivity index (χ2v) is 7.11. The van der Waals surface area contributed by atoms with Crippen molar-refractivity contribution in [1.82, 2.24) is 25.1 Å². The van der Waals surface area contributed by atoms with Crippen LogP contribution in [0.25, 0.3) is 11.0 Å². The maximum atomic E-state index is 12.8. The molecule has 0 radical (unpaired) electrons. The topological polar surface area (TPSA) is 75.1 Å². The van der Waals surface area contributed by atoms with Crippen molar-refractivity contribution < 1.29 is 4.79 Å². The normalized spacial score (nSPS) is 17.3. The van der Waals surface area contributed by atoms with Gasteiger partial charge in [0.15, 0.2) is 5.82 Å². The third-order valence-corrected chi connectivity index (χ3v) is 5.23. The number of carbonyl (C=O) groups excluding carboxylic acids is 1. The maximum Gasteiger partial charge on any atom is 0.274 e. The SMILES string of the molecule is O=C(c1cnc2ccccc2n1)N1CCN(c2ccc(C3CC3)nn2)CC1. The minimum absolute atomic E-state index is 0.0666. The van der Waals surface area contributed by atoms with Crippen LogP contribution in [0.5, 0.6) is 0 Å². The third-order valence-electron chi connectivity index (χ3n) is 5.23. The highest BCUT2D eigenvalue weighted by molar-refractivity contribution is 5.94. The summed E-state index contributed by atoms with van der Waals surface area (Å²) in [5, 5.41) is 8.73. The Balaban J connectivity index is 1.25. The van der Waals surface area contributed by atoms with Gasteiger partial charge in [0.25, 0.3) is 5.91 Å². The van der Waals surface area contributed by atoms with Gasteiger partial charge in [0.05, 0.1) is 22.9 Å². The molecule has 5 rings (SSSR count). The lowest BCUT2D eigenvalue weighted by molar-refractivity contribution is 0.0740. The summed E-state index contributed by atoms with van der Waals surface area (Å²) in [6.45, 7) is 2.76. The van der Waals surface area contributed by atoms with Crippen LogP contribution in [0.4, 0.5) is 5.82 Å². The molecule has 136 valence electrons. The summed E-state index contributed by atoms with van der Waals surface area (Å²) >= 11 is 0. The molecule has 7 heteroatoms. The zero-order chi connectivity index (χ0) is 18.2. The molecule has 0 N–H and O–H groups in total. The number of hydrogen-bond donors (Lipinski definition) is 0. The first kappa shape index (κ1) is 16.1. The Hall–Kier alpha value is -3.09. The fourth-order valence-corrected chi connectivity index (χ4v) is 3.46. The van der Waals surface area contributed by atoms with Crippen molar-refractivity contribution >= 4 is 22.8 Å². The first-order chi connectivity index (χ1) is 13.3. The minimum Gasteiger partial charge on any atom is -0.352 e. The van der Waals surface area contributed by atoms with Gasteiger partial charge in [0.1, 0.15) is 5.69 Å². The number of rotatable bonds is 3. The average molecular weight is 360 g/mol. The van der Waals surface area contributed by atoms with Crippen molar-refractivity contribution in [3.63, 3.8) is 0 Å². The van der Waals surface area contributed by atoms with Crippen LogP contribution in [0.15, 0.2) is 42.6 Å². The van der Waals surface area contributed by atoms with Gasteiger partial charge in [-0.05, 0) is 37.1 Å². The summed E-state index contributed by atoms with van der Waals surface area (Å²) in [5.41, 5.74) is 3.04. The molecule has 1 saturated carbocycles. The number of anilines is 1. The lowest BCUT2D eigenvalue weighted by atomic mass is 10.2. The number of carbonyl (C=O) groups is 1. The fourth-order valence-electron chi connectivity index (χ4n) is 3.46. The predicted molar refractivity (Wildman–Crippen MR) is 102 cm³/mol. The van der Waals surface area contributed by atoms with E-state index in [1.165, 1.54) is 12.8 Å². The third kappa shape index (κ3) is 3.20. The molecular weight excluding hydrogens is 340 g/mol. The Morgan fingerprint density at radius 3 is 2.41 bits per heavy atom. The van der Waals surface area contributed by atoms with E-state index in [0.717, 1.165) is 35.6 Å². The highest BCUT2D eigenvalue weighted by atomic mass is 16.2. The number of piperazine rings is 1. The molecular formula is C20H20N6O. The van der Waals surface area contributed by atoms with E-state index in [-0.39, 0.29) is 5.91 Å².